The van der Waals surface area contributed by atoms with Crippen molar-refractivity contribution in [3.8, 4) is 5.75 Å². The van der Waals surface area contributed by atoms with Crippen molar-refractivity contribution in [1.82, 2.24) is 4.90 Å². The van der Waals surface area contributed by atoms with Gasteiger partial charge in [-0.15, -0.1) is 0 Å². The lowest BCUT2D eigenvalue weighted by molar-refractivity contribution is -0.140. The molecule has 0 radical (unpaired) electrons. The number of carbonyl (C=O) groups is 3. The number of ether oxygens (including phenoxy) is 2. The Bertz CT molecular complexity index is 1490. The average molecular weight is 629 g/mol. The van der Waals surface area contributed by atoms with Crippen molar-refractivity contribution in [2.45, 2.75) is 51.4 Å². The molecule has 1 N–H and O–H groups in total. The van der Waals surface area contributed by atoms with Gasteiger partial charge in [0, 0.05) is 56.4 Å². The maximum absolute atomic E-state index is 14.6. The molecule has 4 aliphatic heterocycles. The van der Waals surface area contributed by atoms with Crippen LogP contribution in [0.3, 0.4) is 0 Å². The van der Waals surface area contributed by atoms with Crippen LogP contribution in [-0.2, 0) is 19.1 Å². The number of benzene rings is 2. The number of amides is 3. The third-order valence-electron chi connectivity index (χ3n) is 9.72. The van der Waals surface area contributed by atoms with E-state index in [9.17, 15) is 19.5 Å². The van der Waals surface area contributed by atoms with Crippen molar-refractivity contribution in [2.75, 3.05) is 60.6 Å². The molecule has 10 nitrogen and oxygen atoms in total. The monoisotopic (exact) mass is 628 g/mol. The minimum atomic E-state index is -1.31. The van der Waals surface area contributed by atoms with Crippen LogP contribution in [0.4, 0.5) is 17.1 Å². The van der Waals surface area contributed by atoms with Gasteiger partial charge in [0.15, 0.2) is 0 Å². The number of carbonyl (C=O) groups excluding carboxylic acids is 3. The highest BCUT2D eigenvalue weighted by Crippen LogP contribution is 2.54. The standard InChI is InChI=1S/C36H44N4O6/c1-4-37(5-2)25-12-14-26(15-13-25)39-23-10-20-36-31(34(43)40(21-7-8-24-41)32(36)35(39)44)30-29(46-36)11-9-22-38(33(30)42)27-16-18-28(19-17-27)45-6-3/h9-20,29-32,41H,4-8,21-24H2,1-3H3/t29-,30+,31+,32?,36+/m1/s1. The van der Waals surface area contributed by atoms with Crippen molar-refractivity contribution in [1.29, 1.82) is 0 Å². The molecule has 46 heavy (non-hydrogen) atoms. The van der Waals surface area contributed by atoms with Crippen LogP contribution in [0.15, 0.2) is 72.8 Å². The maximum Gasteiger partial charge on any atom is 0.253 e. The van der Waals surface area contributed by atoms with Crippen LogP contribution < -0.4 is 19.4 Å². The van der Waals surface area contributed by atoms with Crippen LogP contribution in [-0.4, -0.2) is 91.4 Å². The molecule has 4 heterocycles. The fourth-order valence-electron chi connectivity index (χ4n) is 7.56. The largest absolute Gasteiger partial charge is 0.494 e. The molecule has 6 rings (SSSR count). The molecule has 1 spiro atoms. The number of aliphatic hydroxyl groups excluding tert-OH is 1. The summed E-state index contributed by atoms with van der Waals surface area (Å²) in [7, 11) is 0. The van der Waals surface area contributed by atoms with Crippen LogP contribution >= 0.6 is 0 Å². The van der Waals surface area contributed by atoms with Gasteiger partial charge in [-0.1, -0.05) is 24.3 Å². The molecule has 2 saturated heterocycles. The quantitative estimate of drug-likeness (QED) is 0.299. The van der Waals surface area contributed by atoms with Gasteiger partial charge in [0.2, 0.25) is 11.8 Å². The number of rotatable bonds is 11. The Hall–Kier alpha value is -4.15. The van der Waals surface area contributed by atoms with Gasteiger partial charge in [-0.3, -0.25) is 14.4 Å². The van der Waals surface area contributed by atoms with Gasteiger partial charge in [0.1, 0.15) is 17.4 Å². The second-order valence-electron chi connectivity index (χ2n) is 12.1. The fraction of sp³-hybridized carbons (Fsp3) is 0.472. The summed E-state index contributed by atoms with van der Waals surface area (Å²) in [5.74, 6) is -1.67. The van der Waals surface area contributed by atoms with Gasteiger partial charge in [0.05, 0.1) is 24.5 Å². The zero-order valence-corrected chi connectivity index (χ0v) is 26.9. The number of anilines is 3. The molecule has 2 aromatic carbocycles. The predicted octanol–water partition coefficient (Wildman–Crippen LogP) is 3.79. The Morgan fingerprint density at radius 1 is 0.870 bits per heavy atom. The Kier molecular flexibility index (Phi) is 9.20. The smallest absolute Gasteiger partial charge is 0.253 e. The number of aliphatic hydroxyl groups is 1. The van der Waals surface area contributed by atoms with Crippen molar-refractivity contribution >= 4 is 34.8 Å². The highest BCUT2D eigenvalue weighted by molar-refractivity contribution is 6.07. The molecule has 0 aliphatic carbocycles. The summed E-state index contributed by atoms with van der Waals surface area (Å²) >= 11 is 0. The summed E-state index contributed by atoms with van der Waals surface area (Å²) in [6.45, 7) is 9.35. The summed E-state index contributed by atoms with van der Waals surface area (Å²) in [5, 5.41) is 9.50. The summed E-state index contributed by atoms with van der Waals surface area (Å²) in [6.07, 6.45) is 7.90. The van der Waals surface area contributed by atoms with E-state index in [4.69, 9.17) is 9.47 Å². The van der Waals surface area contributed by atoms with Gasteiger partial charge in [-0.05, 0) is 82.1 Å². The van der Waals surface area contributed by atoms with Crippen molar-refractivity contribution in [3.63, 3.8) is 0 Å². The fourth-order valence-corrected chi connectivity index (χ4v) is 7.56. The Balaban J connectivity index is 1.36. The molecular weight excluding hydrogens is 584 g/mol. The van der Waals surface area contributed by atoms with E-state index >= 15 is 0 Å². The predicted molar refractivity (Wildman–Crippen MR) is 177 cm³/mol. The van der Waals surface area contributed by atoms with Crippen LogP contribution in [0.25, 0.3) is 0 Å². The van der Waals surface area contributed by atoms with E-state index in [1.165, 1.54) is 0 Å². The van der Waals surface area contributed by atoms with E-state index in [2.05, 4.69) is 18.7 Å². The lowest BCUT2D eigenvalue weighted by Gasteiger charge is -2.35. The SMILES string of the molecule is CCOc1ccc(N2CC=C[C@H]3O[C@]45C=CCN(c6ccc(N(CC)CC)cc6)C(=O)C4N(CCCCO)C(=O)[C@@H]5[C@H]3C2=O)cc1. The van der Waals surface area contributed by atoms with E-state index in [1.54, 1.807) is 14.7 Å². The minimum absolute atomic E-state index is 0.0122. The molecule has 2 fully saturated rings. The first kappa shape index (κ1) is 31.8. The summed E-state index contributed by atoms with van der Waals surface area (Å²) in [4.78, 5) is 50.7. The summed E-state index contributed by atoms with van der Waals surface area (Å²) in [6, 6.07) is 14.3. The van der Waals surface area contributed by atoms with Crippen molar-refractivity contribution < 1.29 is 29.0 Å². The molecule has 3 amide bonds. The van der Waals surface area contributed by atoms with Crippen LogP contribution in [0.5, 0.6) is 5.75 Å². The van der Waals surface area contributed by atoms with Gasteiger partial charge in [-0.2, -0.15) is 0 Å². The zero-order chi connectivity index (χ0) is 32.4. The molecular formula is C36H44N4O6. The summed E-state index contributed by atoms with van der Waals surface area (Å²) < 4.78 is 12.4. The van der Waals surface area contributed by atoms with Crippen molar-refractivity contribution in [3.05, 3.63) is 72.8 Å². The highest BCUT2D eigenvalue weighted by Gasteiger charge is 2.71. The molecule has 4 aliphatic rings. The van der Waals surface area contributed by atoms with E-state index in [-0.39, 0.29) is 30.9 Å². The molecule has 0 aromatic heterocycles. The van der Waals surface area contributed by atoms with Gasteiger partial charge in [0.25, 0.3) is 5.91 Å². The molecule has 5 atom stereocenters. The molecule has 1 unspecified atom stereocenters. The molecule has 10 heteroatoms. The first-order valence-electron chi connectivity index (χ1n) is 16.5. The Morgan fingerprint density at radius 3 is 2.17 bits per heavy atom. The van der Waals surface area contributed by atoms with Gasteiger partial charge >= 0.3 is 0 Å². The van der Waals surface area contributed by atoms with Crippen LogP contribution in [0.2, 0.25) is 0 Å². The number of hydrogen-bond acceptors (Lipinski definition) is 7. The number of fused-ring (bicyclic) bond motifs is 2. The van der Waals surface area contributed by atoms with Gasteiger partial charge in [-0.25, -0.2) is 0 Å². The third-order valence-corrected chi connectivity index (χ3v) is 9.72. The first-order valence-corrected chi connectivity index (χ1v) is 16.5. The van der Waals surface area contributed by atoms with Crippen LogP contribution in [0.1, 0.15) is 33.6 Å². The van der Waals surface area contributed by atoms with Crippen molar-refractivity contribution in [2.24, 2.45) is 11.8 Å². The van der Waals surface area contributed by atoms with E-state index in [0.717, 1.165) is 24.5 Å². The van der Waals surface area contributed by atoms with E-state index in [0.29, 0.717) is 44.0 Å². The lowest BCUT2D eigenvalue weighted by Crippen LogP contribution is -2.55. The highest BCUT2D eigenvalue weighted by atomic mass is 16.5. The Labute approximate surface area is 270 Å². The van der Waals surface area contributed by atoms with E-state index in [1.807, 2.05) is 79.8 Å². The number of nitrogens with zero attached hydrogens (tertiary/aromatic N) is 4. The Morgan fingerprint density at radius 2 is 1.52 bits per heavy atom. The number of unbranched alkanes of at least 4 members (excludes halogenated alkanes) is 1. The molecule has 244 valence electrons. The molecule has 2 aromatic rings. The third kappa shape index (κ3) is 5.37. The average Bonchev–Trinajstić information content (AvgIpc) is 3.37. The second kappa shape index (κ2) is 13.3. The first-order chi connectivity index (χ1) is 22.4. The topological polar surface area (TPSA) is 103 Å². The maximum atomic E-state index is 14.6. The lowest BCUT2D eigenvalue weighted by atomic mass is 9.77. The van der Waals surface area contributed by atoms with E-state index < -0.39 is 29.6 Å². The number of hydrogen-bond donors (Lipinski definition) is 1. The van der Waals surface area contributed by atoms with Gasteiger partial charge < -0.3 is 34.2 Å². The minimum Gasteiger partial charge on any atom is -0.494 e. The second-order valence-corrected chi connectivity index (χ2v) is 12.1. The zero-order valence-electron chi connectivity index (χ0n) is 26.9. The number of likely N-dealkylation sites (tertiary alicyclic amines) is 1. The van der Waals surface area contributed by atoms with Crippen LogP contribution in [0, 0.1) is 11.8 Å². The molecule has 0 bridgehead atoms. The summed E-state index contributed by atoms with van der Waals surface area (Å²) in [5.41, 5.74) is 1.21. The normalized spacial score (nSPS) is 27.0. The molecule has 0 saturated carbocycles.